The largest absolute Gasteiger partial charge is 0.503 e. The molecule has 0 radical (unpaired) electrons. The van der Waals surface area contributed by atoms with Crippen molar-refractivity contribution in [1.29, 1.82) is 0 Å². The van der Waals surface area contributed by atoms with E-state index in [2.05, 4.69) is 18.7 Å². The number of anilines is 1. The monoisotopic (exact) mass is 439 g/mol. The SMILES string of the molecule is CCN(CC)CCCN1C(=O)C(O)=C(C(=O)c2ccc(C)o2)[C@@H]1c1ccc(N(C)C)cc1. The van der Waals surface area contributed by atoms with Gasteiger partial charge in [0.25, 0.3) is 5.91 Å². The van der Waals surface area contributed by atoms with Gasteiger partial charge < -0.3 is 24.2 Å². The minimum atomic E-state index is -0.659. The van der Waals surface area contributed by atoms with Crippen molar-refractivity contribution < 1.29 is 19.1 Å². The fourth-order valence-corrected chi connectivity index (χ4v) is 4.11. The smallest absolute Gasteiger partial charge is 0.290 e. The van der Waals surface area contributed by atoms with Gasteiger partial charge in [0.2, 0.25) is 5.78 Å². The Morgan fingerprint density at radius 1 is 1.09 bits per heavy atom. The summed E-state index contributed by atoms with van der Waals surface area (Å²) >= 11 is 0. The second-order valence-corrected chi connectivity index (χ2v) is 8.27. The van der Waals surface area contributed by atoms with Crippen molar-refractivity contribution in [2.75, 3.05) is 45.2 Å². The molecule has 3 rings (SSSR count). The first-order chi connectivity index (χ1) is 15.3. The number of nitrogens with zero attached hydrogens (tertiary/aromatic N) is 3. The third kappa shape index (κ3) is 4.72. The zero-order valence-electron chi connectivity index (χ0n) is 19.6. The van der Waals surface area contributed by atoms with Gasteiger partial charge >= 0.3 is 0 Å². The summed E-state index contributed by atoms with van der Waals surface area (Å²) in [7, 11) is 3.90. The first kappa shape index (κ1) is 23.6. The van der Waals surface area contributed by atoms with E-state index in [1.54, 1.807) is 24.0 Å². The molecule has 1 atom stereocenters. The lowest BCUT2D eigenvalue weighted by atomic mass is 9.94. The number of Topliss-reactive ketones (excluding diaryl/α,β-unsaturated/α-hetero) is 1. The number of rotatable bonds is 10. The molecular formula is C25H33N3O4. The highest BCUT2D eigenvalue weighted by Gasteiger charge is 2.44. The van der Waals surface area contributed by atoms with Crippen LogP contribution in [-0.2, 0) is 4.79 Å². The molecular weight excluding hydrogens is 406 g/mol. The molecule has 1 N–H and O–H groups in total. The fourth-order valence-electron chi connectivity index (χ4n) is 4.11. The number of aliphatic hydroxyl groups is 1. The number of aliphatic hydroxyl groups excluding tert-OH is 1. The van der Waals surface area contributed by atoms with Crippen LogP contribution in [0, 0.1) is 6.92 Å². The highest BCUT2D eigenvalue weighted by molar-refractivity contribution is 6.15. The predicted molar refractivity (Wildman–Crippen MR) is 125 cm³/mol. The van der Waals surface area contributed by atoms with Crippen LogP contribution in [0.5, 0.6) is 0 Å². The van der Waals surface area contributed by atoms with Gasteiger partial charge in [0, 0.05) is 26.3 Å². The molecule has 32 heavy (non-hydrogen) atoms. The lowest BCUT2D eigenvalue weighted by Crippen LogP contribution is -2.34. The molecule has 1 amide bonds. The number of aryl methyl sites for hydroxylation is 1. The summed E-state index contributed by atoms with van der Waals surface area (Å²) in [5.41, 5.74) is 1.86. The summed E-state index contributed by atoms with van der Waals surface area (Å²) in [6.45, 7) is 9.11. The van der Waals surface area contributed by atoms with Crippen LogP contribution in [0.1, 0.15) is 48.2 Å². The molecule has 0 saturated heterocycles. The van der Waals surface area contributed by atoms with Gasteiger partial charge in [-0.2, -0.15) is 0 Å². The molecule has 1 aliphatic rings. The average molecular weight is 440 g/mol. The lowest BCUT2D eigenvalue weighted by Gasteiger charge is -2.28. The second kappa shape index (κ2) is 10.0. The van der Waals surface area contributed by atoms with E-state index in [9.17, 15) is 14.7 Å². The van der Waals surface area contributed by atoms with Gasteiger partial charge in [0.15, 0.2) is 11.5 Å². The van der Waals surface area contributed by atoms with Gasteiger partial charge in [0.1, 0.15) is 5.76 Å². The molecule has 1 aromatic carbocycles. The molecule has 0 aliphatic carbocycles. The average Bonchev–Trinajstić information content (AvgIpc) is 3.33. The van der Waals surface area contributed by atoms with E-state index in [4.69, 9.17) is 4.42 Å². The van der Waals surface area contributed by atoms with Crippen molar-refractivity contribution in [2.45, 2.75) is 33.2 Å². The molecule has 2 aromatic rings. The number of hydrogen-bond acceptors (Lipinski definition) is 6. The van der Waals surface area contributed by atoms with Crippen molar-refractivity contribution in [1.82, 2.24) is 9.80 Å². The standard InChI is InChI=1S/C25H33N3O4/c1-6-27(7-2)15-8-16-28-22(18-10-12-19(13-11-18)26(4)5)21(24(30)25(28)31)23(29)20-14-9-17(3)32-20/h9-14,22,30H,6-8,15-16H2,1-5H3/t22-/m0/s1. The maximum Gasteiger partial charge on any atom is 0.290 e. The molecule has 7 heteroatoms. The van der Waals surface area contributed by atoms with E-state index in [0.717, 1.165) is 37.3 Å². The number of amides is 1. The van der Waals surface area contributed by atoms with Crippen LogP contribution in [-0.4, -0.2) is 66.9 Å². The maximum absolute atomic E-state index is 13.3. The number of ketones is 1. The summed E-state index contributed by atoms with van der Waals surface area (Å²) in [5.74, 6) is -0.749. The number of carbonyl (C=O) groups excluding carboxylic acids is 2. The number of furan rings is 1. The van der Waals surface area contributed by atoms with Gasteiger partial charge in [-0.1, -0.05) is 26.0 Å². The highest BCUT2D eigenvalue weighted by atomic mass is 16.3. The van der Waals surface area contributed by atoms with E-state index < -0.39 is 23.5 Å². The van der Waals surface area contributed by atoms with E-state index >= 15 is 0 Å². The summed E-state index contributed by atoms with van der Waals surface area (Å²) in [4.78, 5) is 32.2. The predicted octanol–water partition coefficient (Wildman–Crippen LogP) is 3.96. The van der Waals surface area contributed by atoms with E-state index in [1.165, 1.54) is 0 Å². The maximum atomic E-state index is 13.3. The van der Waals surface area contributed by atoms with Crippen LogP contribution in [0.15, 0.2) is 52.1 Å². The minimum absolute atomic E-state index is 0.0739. The van der Waals surface area contributed by atoms with Crippen LogP contribution in [0.25, 0.3) is 0 Å². The quantitative estimate of drug-likeness (QED) is 0.565. The van der Waals surface area contributed by atoms with Gasteiger partial charge in [-0.3, -0.25) is 9.59 Å². The third-order valence-electron chi connectivity index (χ3n) is 6.01. The van der Waals surface area contributed by atoms with Gasteiger partial charge in [-0.25, -0.2) is 0 Å². The second-order valence-electron chi connectivity index (χ2n) is 8.27. The first-order valence-corrected chi connectivity index (χ1v) is 11.1. The Balaban J connectivity index is 1.96. The van der Waals surface area contributed by atoms with Crippen LogP contribution in [0.3, 0.4) is 0 Å². The zero-order valence-corrected chi connectivity index (χ0v) is 19.6. The van der Waals surface area contributed by atoms with Crippen molar-refractivity contribution in [3.8, 4) is 0 Å². The van der Waals surface area contributed by atoms with Gasteiger partial charge in [0.05, 0.1) is 11.6 Å². The molecule has 0 unspecified atom stereocenters. The molecule has 1 aliphatic heterocycles. The summed E-state index contributed by atoms with van der Waals surface area (Å²) in [5, 5.41) is 10.7. The number of benzene rings is 1. The Morgan fingerprint density at radius 3 is 2.28 bits per heavy atom. The normalized spacial score (nSPS) is 16.4. The van der Waals surface area contributed by atoms with Crippen LogP contribution < -0.4 is 4.90 Å². The molecule has 1 aromatic heterocycles. The molecule has 0 spiro atoms. The lowest BCUT2D eigenvalue weighted by molar-refractivity contribution is -0.129. The van der Waals surface area contributed by atoms with Crippen LogP contribution >= 0.6 is 0 Å². The molecule has 0 bridgehead atoms. The number of carbonyl (C=O) groups is 2. The van der Waals surface area contributed by atoms with Gasteiger partial charge in [-0.15, -0.1) is 0 Å². The molecule has 0 fully saturated rings. The van der Waals surface area contributed by atoms with E-state index in [0.29, 0.717) is 12.3 Å². The minimum Gasteiger partial charge on any atom is -0.503 e. The highest BCUT2D eigenvalue weighted by Crippen LogP contribution is 2.39. The Bertz CT molecular complexity index is 987. The Morgan fingerprint density at radius 2 is 1.75 bits per heavy atom. The van der Waals surface area contributed by atoms with E-state index in [-0.39, 0.29) is 11.3 Å². The summed E-state index contributed by atoms with van der Waals surface area (Å²) < 4.78 is 5.52. The molecule has 2 heterocycles. The summed E-state index contributed by atoms with van der Waals surface area (Å²) in [6.07, 6.45) is 0.744. The van der Waals surface area contributed by atoms with Crippen molar-refractivity contribution in [3.63, 3.8) is 0 Å². The molecule has 0 saturated carbocycles. The Hall–Kier alpha value is -3.06. The Labute approximate surface area is 189 Å². The van der Waals surface area contributed by atoms with Crippen LogP contribution in [0.4, 0.5) is 5.69 Å². The van der Waals surface area contributed by atoms with E-state index in [1.807, 2.05) is 43.3 Å². The summed E-state index contributed by atoms with van der Waals surface area (Å²) in [6, 6.07) is 10.3. The first-order valence-electron chi connectivity index (χ1n) is 11.1. The van der Waals surface area contributed by atoms with Crippen molar-refractivity contribution in [3.05, 3.63) is 64.8 Å². The zero-order chi connectivity index (χ0) is 23.4. The third-order valence-corrected chi connectivity index (χ3v) is 6.01. The van der Waals surface area contributed by atoms with Crippen LogP contribution in [0.2, 0.25) is 0 Å². The fraction of sp³-hybridized carbons (Fsp3) is 0.440. The van der Waals surface area contributed by atoms with Crippen molar-refractivity contribution in [2.24, 2.45) is 0 Å². The molecule has 172 valence electrons. The topological polar surface area (TPSA) is 77.2 Å². The van der Waals surface area contributed by atoms with Gasteiger partial charge in [-0.05, 0) is 62.8 Å². The number of hydrogen-bond donors (Lipinski definition) is 1. The Kier molecular flexibility index (Phi) is 7.40. The molecule has 7 nitrogen and oxygen atoms in total. The van der Waals surface area contributed by atoms with Crippen molar-refractivity contribution >= 4 is 17.4 Å².